The van der Waals surface area contributed by atoms with Crippen LogP contribution in [0.15, 0.2) is 0 Å². The predicted molar refractivity (Wildman–Crippen MR) is 89.7 cm³/mol. The summed E-state index contributed by atoms with van der Waals surface area (Å²) >= 11 is 0. The Balaban J connectivity index is 1.75. The lowest BCUT2D eigenvalue weighted by atomic mass is 9.40. The van der Waals surface area contributed by atoms with Crippen LogP contribution in [0.2, 0.25) is 0 Å². The molecule has 3 heteroatoms. The van der Waals surface area contributed by atoms with Gasteiger partial charge >= 0.3 is 0 Å². The highest BCUT2D eigenvalue weighted by Crippen LogP contribution is 2.72. The third-order valence-electron chi connectivity index (χ3n) is 8.98. The number of hydrogen-bond acceptors (Lipinski definition) is 3. The van der Waals surface area contributed by atoms with E-state index >= 15 is 0 Å². The molecule has 3 nitrogen and oxygen atoms in total. The van der Waals surface area contributed by atoms with Crippen molar-refractivity contribution < 1.29 is 15.3 Å². The minimum Gasteiger partial charge on any atom is -0.390 e. The molecule has 132 valence electrons. The normalized spacial score (nSPS) is 60.9. The van der Waals surface area contributed by atoms with Gasteiger partial charge in [0, 0.05) is 0 Å². The van der Waals surface area contributed by atoms with E-state index in [2.05, 4.69) is 20.8 Å². The Morgan fingerprint density at radius 1 is 0.870 bits per heavy atom. The van der Waals surface area contributed by atoms with E-state index in [-0.39, 0.29) is 16.2 Å². The maximum Gasteiger partial charge on any atom is 0.0852 e. The van der Waals surface area contributed by atoms with Gasteiger partial charge in [0.15, 0.2) is 0 Å². The molecular formula is C20H34O3. The average molecular weight is 322 g/mol. The van der Waals surface area contributed by atoms with Crippen molar-refractivity contribution in [3.8, 4) is 0 Å². The van der Waals surface area contributed by atoms with Gasteiger partial charge in [-0.1, -0.05) is 20.8 Å². The second-order valence-corrected chi connectivity index (χ2v) is 10.6. The Morgan fingerprint density at radius 2 is 1.57 bits per heavy atom. The van der Waals surface area contributed by atoms with Crippen LogP contribution in [0.3, 0.4) is 0 Å². The summed E-state index contributed by atoms with van der Waals surface area (Å²) in [5.74, 6) is 1.51. The zero-order chi connectivity index (χ0) is 16.8. The third kappa shape index (κ3) is 1.93. The molecule has 4 aliphatic rings. The Morgan fingerprint density at radius 3 is 2.26 bits per heavy atom. The van der Waals surface area contributed by atoms with Crippen LogP contribution in [0.4, 0.5) is 0 Å². The largest absolute Gasteiger partial charge is 0.390 e. The Hall–Kier alpha value is -0.120. The highest BCUT2D eigenvalue weighted by Gasteiger charge is 2.68. The van der Waals surface area contributed by atoms with Crippen molar-refractivity contribution in [3.63, 3.8) is 0 Å². The van der Waals surface area contributed by atoms with E-state index in [9.17, 15) is 15.3 Å². The smallest absolute Gasteiger partial charge is 0.0852 e. The summed E-state index contributed by atoms with van der Waals surface area (Å²) in [4.78, 5) is 0. The van der Waals surface area contributed by atoms with Gasteiger partial charge in [-0.05, 0) is 85.9 Å². The van der Waals surface area contributed by atoms with Gasteiger partial charge in [-0.25, -0.2) is 0 Å². The van der Waals surface area contributed by atoms with E-state index in [1.165, 1.54) is 19.3 Å². The second-order valence-electron chi connectivity index (χ2n) is 10.6. The lowest BCUT2D eigenvalue weighted by Gasteiger charge is -2.65. The van der Waals surface area contributed by atoms with E-state index in [0.717, 1.165) is 25.7 Å². The molecule has 4 rings (SSSR count). The van der Waals surface area contributed by atoms with E-state index in [0.29, 0.717) is 17.8 Å². The summed E-state index contributed by atoms with van der Waals surface area (Å²) < 4.78 is 0. The molecule has 0 aliphatic heterocycles. The summed E-state index contributed by atoms with van der Waals surface area (Å²) in [6.07, 6.45) is 6.25. The topological polar surface area (TPSA) is 60.7 Å². The molecule has 23 heavy (non-hydrogen) atoms. The number of aliphatic hydroxyl groups excluding tert-OH is 2. The predicted octanol–water partition coefficient (Wildman–Crippen LogP) is 3.11. The van der Waals surface area contributed by atoms with Gasteiger partial charge in [-0.2, -0.15) is 0 Å². The van der Waals surface area contributed by atoms with Crippen LogP contribution in [-0.4, -0.2) is 33.1 Å². The molecule has 8 atom stereocenters. The van der Waals surface area contributed by atoms with Crippen LogP contribution in [0, 0.1) is 34.0 Å². The second kappa shape index (κ2) is 4.53. The number of hydrogen-bond donors (Lipinski definition) is 3. The molecule has 0 heterocycles. The molecule has 0 amide bonds. The molecule has 3 N–H and O–H groups in total. The molecule has 4 aliphatic carbocycles. The molecule has 1 spiro atoms. The van der Waals surface area contributed by atoms with Crippen LogP contribution >= 0.6 is 0 Å². The molecular weight excluding hydrogens is 288 g/mol. The first kappa shape index (κ1) is 16.4. The van der Waals surface area contributed by atoms with Crippen LogP contribution in [0.25, 0.3) is 0 Å². The summed E-state index contributed by atoms with van der Waals surface area (Å²) in [6, 6.07) is 0. The molecule has 0 radical (unpaired) electrons. The summed E-state index contributed by atoms with van der Waals surface area (Å²) in [5, 5.41) is 32.0. The van der Waals surface area contributed by atoms with Crippen molar-refractivity contribution in [2.24, 2.45) is 34.0 Å². The van der Waals surface area contributed by atoms with Crippen LogP contribution in [0.1, 0.15) is 72.6 Å². The number of rotatable bonds is 0. The number of aliphatic hydroxyl groups is 3. The maximum absolute atomic E-state index is 10.9. The Labute approximate surface area is 140 Å². The molecule has 0 unspecified atom stereocenters. The molecule has 0 aromatic heterocycles. The van der Waals surface area contributed by atoms with Crippen molar-refractivity contribution in [1.29, 1.82) is 0 Å². The van der Waals surface area contributed by atoms with Crippen LogP contribution in [-0.2, 0) is 0 Å². The van der Waals surface area contributed by atoms with Crippen molar-refractivity contribution in [2.45, 2.75) is 90.4 Å². The quantitative estimate of drug-likeness (QED) is 0.642. The fraction of sp³-hybridized carbons (Fsp3) is 1.00. The van der Waals surface area contributed by atoms with Gasteiger partial charge in [0.05, 0.1) is 17.8 Å². The first-order valence-corrected chi connectivity index (χ1v) is 9.61. The monoisotopic (exact) mass is 322 g/mol. The molecule has 4 saturated carbocycles. The van der Waals surface area contributed by atoms with Crippen molar-refractivity contribution in [3.05, 3.63) is 0 Å². The zero-order valence-corrected chi connectivity index (χ0v) is 15.2. The third-order valence-corrected chi connectivity index (χ3v) is 8.98. The standard InChI is InChI=1S/C20H34O3/c1-17(2)14-7-8-20-9-12(19(4,23)11-20)5-6-15(20)18(14,3)10-13(21)16(17)22/h12-16,21-23H,5-11H2,1-4H3/t12-,13+,14-,15+,16-,18-,19-,20+/m1/s1. The lowest BCUT2D eigenvalue weighted by molar-refractivity contribution is -0.217. The fourth-order valence-electron chi connectivity index (χ4n) is 8.16. The van der Waals surface area contributed by atoms with Gasteiger partial charge in [-0.3, -0.25) is 0 Å². The van der Waals surface area contributed by atoms with E-state index < -0.39 is 17.8 Å². The van der Waals surface area contributed by atoms with Crippen molar-refractivity contribution in [1.82, 2.24) is 0 Å². The summed E-state index contributed by atoms with van der Waals surface area (Å²) in [7, 11) is 0. The molecule has 4 fully saturated rings. The summed E-state index contributed by atoms with van der Waals surface area (Å²) in [6.45, 7) is 8.73. The van der Waals surface area contributed by atoms with Gasteiger partial charge in [-0.15, -0.1) is 0 Å². The first-order chi connectivity index (χ1) is 10.5. The fourth-order valence-corrected chi connectivity index (χ4v) is 8.16. The van der Waals surface area contributed by atoms with E-state index in [1.807, 2.05) is 6.92 Å². The minimum absolute atomic E-state index is 0.0891. The lowest BCUT2D eigenvalue weighted by Crippen LogP contribution is -2.63. The average Bonchev–Trinajstić information content (AvgIpc) is 2.61. The minimum atomic E-state index is -0.613. The van der Waals surface area contributed by atoms with Gasteiger partial charge in [0.25, 0.3) is 0 Å². The van der Waals surface area contributed by atoms with Crippen LogP contribution in [0.5, 0.6) is 0 Å². The molecule has 2 bridgehead atoms. The van der Waals surface area contributed by atoms with Gasteiger partial charge in [0.2, 0.25) is 0 Å². The van der Waals surface area contributed by atoms with E-state index in [4.69, 9.17) is 0 Å². The van der Waals surface area contributed by atoms with Crippen molar-refractivity contribution in [2.75, 3.05) is 0 Å². The van der Waals surface area contributed by atoms with Crippen LogP contribution < -0.4 is 0 Å². The molecule has 0 aromatic rings. The van der Waals surface area contributed by atoms with E-state index in [1.54, 1.807) is 0 Å². The molecule has 0 aromatic carbocycles. The highest BCUT2D eigenvalue weighted by atomic mass is 16.3. The highest BCUT2D eigenvalue weighted by molar-refractivity contribution is 5.17. The van der Waals surface area contributed by atoms with Crippen molar-refractivity contribution >= 4 is 0 Å². The Bertz CT molecular complexity index is 513. The maximum atomic E-state index is 10.9. The SMILES string of the molecule is CC1(C)[C@H](O)[C@@H](O)C[C@]2(C)[C@@H]1CC[C@@]13C[C@@H](CC[C@H]12)[C@](C)(O)C3. The van der Waals surface area contributed by atoms with Gasteiger partial charge < -0.3 is 15.3 Å². The first-order valence-electron chi connectivity index (χ1n) is 9.61. The van der Waals surface area contributed by atoms with Gasteiger partial charge in [0.1, 0.15) is 0 Å². The Kier molecular flexibility index (Phi) is 3.22. The zero-order valence-electron chi connectivity index (χ0n) is 15.2. The number of fused-ring (bicyclic) bond motifs is 3. The summed E-state index contributed by atoms with van der Waals surface area (Å²) in [5.41, 5.74) is -0.367. The molecule has 0 saturated heterocycles.